The summed E-state index contributed by atoms with van der Waals surface area (Å²) in [7, 11) is 2.06. The molecule has 5 nitrogen and oxygen atoms in total. The molecule has 1 aromatic heterocycles. The highest BCUT2D eigenvalue weighted by Gasteiger charge is 2.19. The largest absolute Gasteiger partial charge is 0.329 e. The number of nitrogens with one attached hydrogen (secondary N) is 1. The number of likely N-dealkylation sites (tertiary alicyclic amines) is 1. The highest BCUT2D eigenvalue weighted by atomic mass is 35.5. The maximum Gasteiger partial charge on any atom is 0.329 e. The Morgan fingerprint density at radius 1 is 1.44 bits per heavy atom. The highest BCUT2D eigenvalue weighted by Crippen LogP contribution is 2.16. The summed E-state index contributed by atoms with van der Waals surface area (Å²) in [6, 6.07) is 0. The first-order valence-electron chi connectivity index (χ1n) is 6.17. The van der Waals surface area contributed by atoms with Crippen molar-refractivity contribution in [3.05, 3.63) is 31.6 Å². The monoisotopic (exact) mass is 271 g/mol. The standard InChI is InChI=1S/C12H18ClN3O2/c1-8-10(13)14-12(18)16(11(8)17)7-9-4-3-5-15(2)6-9/h9H,3-7H2,1-2H3,(H,14,18). The van der Waals surface area contributed by atoms with Gasteiger partial charge in [0.15, 0.2) is 0 Å². The Bertz CT molecular complexity index is 549. The van der Waals surface area contributed by atoms with E-state index in [1.165, 1.54) is 4.57 Å². The van der Waals surface area contributed by atoms with Crippen LogP contribution in [0, 0.1) is 12.8 Å². The van der Waals surface area contributed by atoms with Gasteiger partial charge < -0.3 is 4.90 Å². The number of rotatable bonds is 2. The van der Waals surface area contributed by atoms with Gasteiger partial charge in [0.2, 0.25) is 0 Å². The van der Waals surface area contributed by atoms with E-state index >= 15 is 0 Å². The molecule has 1 N–H and O–H groups in total. The fourth-order valence-corrected chi connectivity index (χ4v) is 2.65. The molecular weight excluding hydrogens is 254 g/mol. The minimum atomic E-state index is -0.413. The van der Waals surface area contributed by atoms with Gasteiger partial charge in [-0.25, -0.2) is 4.79 Å². The molecule has 1 aromatic rings. The van der Waals surface area contributed by atoms with Gasteiger partial charge in [-0.15, -0.1) is 0 Å². The normalized spacial score (nSPS) is 21.2. The second-order valence-electron chi connectivity index (χ2n) is 5.06. The lowest BCUT2D eigenvalue weighted by Gasteiger charge is -2.29. The van der Waals surface area contributed by atoms with Crippen molar-refractivity contribution in [2.45, 2.75) is 26.3 Å². The lowest BCUT2D eigenvalue weighted by molar-refractivity contribution is 0.192. The number of piperidine rings is 1. The van der Waals surface area contributed by atoms with Crippen molar-refractivity contribution in [3.8, 4) is 0 Å². The van der Waals surface area contributed by atoms with Crippen LogP contribution in [0.5, 0.6) is 0 Å². The molecule has 1 aliphatic heterocycles. The first-order valence-corrected chi connectivity index (χ1v) is 6.54. The van der Waals surface area contributed by atoms with Gasteiger partial charge in [0, 0.05) is 18.7 Å². The fraction of sp³-hybridized carbons (Fsp3) is 0.667. The van der Waals surface area contributed by atoms with Crippen molar-refractivity contribution in [2.24, 2.45) is 5.92 Å². The molecule has 0 spiro atoms. The molecule has 6 heteroatoms. The average Bonchev–Trinajstić information content (AvgIpc) is 2.32. The number of aromatic amines is 1. The molecule has 1 atom stereocenters. The molecule has 0 radical (unpaired) electrons. The molecule has 1 saturated heterocycles. The number of hydrogen-bond donors (Lipinski definition) is 1. The zero-order valence-electron chi connectivity index (χ0n) is 10.7. The third kappa shape index (κ3) is 2.67. The number of nitrogens with zero attached hydrogens (tertiary/aromatic N) is 2. The van der Waals surface area contributed by atoms with Crippen molar-refractivity contribution in [1.29, 1.82) is 0 Å². The zero-order chi connectivity index (χ0) is 13.3. The van der Waals surface area contributed by atoms with E-state index in [1.54, 1.807) is 6.92 Å². The van der Waals surface area contributed by atoms with Crippen molar-refractivity contribution in [1.82, 2.24) is 14.5 Å². The predicted molar refractivity (Wildman–Crippen MR) is 71.3 cm³/mol. The lowest BCUT2D eigenvalue weighted by atomic mass is 9.98. The molecule has 0 aromatic carbocycles. The quantitative estimate of drug-likeness (QED) is 0.811. The Labute approximate surface area is 110 Å². The van der Waals surface area contributed by atoms with E-state index in [0.717, 1.165) is 25.9 Å². The third-order valence-electron chi connectivity index (χ3n) is 3.52. The van der Waals surface area contributed by atoms with Crippen LogP contribution < -0.4 is 11.2 Å². The van der Waals surface area contributed by atoms with Crippen LogP contribution in [0.2, 0.25) is 5.15 Å². The second-order valence-corrected chi connectivity index (χ2v) is 5.43. The summed E-state index contributed by atoms with van der Waals surface area (Å²) in [5, 5.41) is 0.141. The molecule has 0 saturated carbocycles. The second kappa shape index (κ2) is 5.28. The topological polar surface area (TPSA) is 58.1 Å². The van der Waals surface area contributed by atoms with Gasteiger partial charge in [-0.05, 0) is 39.3 Å². The molecule has 2 rings (SSSR count). The smallest absolute Gasteiger partial charge is 0.306 e. The summed E-state index contributed by atoms with van der Waals surface area (Å²) in [5.41, 5.74) is -0.291. The van der Waals surface area contributed by atoms with Crippen molar-refractivity contribution < 1.29 is 0 Å². The Morgan fingerprint density at radius 3 is 2.83 bits per heavy atom. The number of aromatic nitrogens is 2. The van der Waals surface area contributed by atoms with Gasteiger partial charge in [0.1, 0.15) is 5.15 Å². The molecule has 100 valence electrons. The molecule has 2 heterocycles. The Morgan fingerprint density at radius 2 is 2.17 bits per heavy atom. The maximum atomic E-state index is 12.0. The summed E-state index contributed by atoms with van der Waals surface area (Å²) in [6.45, 7) is 4.11. The van der Waals surface area contributed by atoms with Crippen molar-refractivity contribution in [2.75, 3.05) is 20.1 Å². The summed E-state index contributed by atoms with van der Waals surface area (Å²) >= 11 is 5.78. The first kappa shape index (κ1) is 13.4. The zero-order valence-corrected chi connectivity index (χ0v) is 11.5. The van der Waals surface area contributed by atoms with Gasteiger partial charge in [-0.3, -0.25) is 14.3 Å². The molecule has 1 aliphatic rings. The number of H-pyrrole nitrogens is 1. The average molecular weight is 272 g/mol. The minimum absolute atomic E-state index is 0.141. The van der Waals surface area contributed by atoms with Gasteiger partial charge in [-0.1, -0.05) is 11.6 Å². The number of halogens is 1. The molecule has 0 amide bonds. The van der Waals surface area contributed by atoms with E-state index < -0.39 is 5.69 Å². The summed E-state index contributed by atoms with van der Waals surface area (Å²) in [6.07, 6.45) is 2.16. The summed E-state index contributed by atoms with van der Waals surface area (Å²) in [4.78, 5) is 28.5. The Hall–Kier alpha value is -1.07. The van der Waals surface area contributed by atoms with Crippen LogP contribution in [0.4, 0.5) is 0 Å². The van der Waals surface area contributed by atoms with Crippen LogP contribution >= 0.6 is 11.6 Å². The Balaban J connectivity index is 2.27. The van der Waals surface area contributed by atoms with Crippen LogP contribution in [0.25, 0.3) is 0 Å². The minimum Gasteiger partial charge on any atom is -0.306 e. The Kier molecular flexibility index (Phi) is 3.92. The van der Waals surface area contributed by atoms with Crippen LogP contribution in [-0.4, -0.2) is 34.6 Å². The molecular formula is C12H18ClN3O2. The predicted octanol–water partition coefficient (Wildman–Crippen LogP) is 0.840. The van der Waals surface area contributed by atoms with E-state index in [2.05, 4.69) is 16.9 Å². The number of hydrogen-bond acceptors (Lipinski definition) is 3. The van der Waals surface area contributed by atoms with Gasteiger partial charge in [-0.2, -0.15) is 0 Å². The van der Waals surface area contributed by atoms with Crippen molar-refractivity contribution in [3.63, 3.8) is 0 Å². The SMILES string of the molecule is Cc1c(Cl)[nH]c(=O)n(CC2CCCN(C)C2)c1=O. The van der Waals surface area contributed by atoms with Crippen LogP contribution in [0.15, 0.2) is 9.59 Å². The van der Waals surface area contributed by atoms with Gasteiger partial charge in [0.05, 0.1) is 0 Å². The fourth-order valence-electron chi connectivity index (χ4n) is 2.49. The molecule has 1 unspecified atom stereocenters. The van der Waals surface area contributed by atoms with Crippen LogP contribution in [0.1, 0.15) is 18.4 Å². The van der Waals surface area contributed by atoms with Crippen LogP contribution in [-0.2, 0) is 6.54 Å². The van der Waals surface area contributed by atoms with E-state index in [9.17, 15) is 9.59 Å². The molecule has 18 heavy (non-hydrogen) atoms. The molecule has 0 aliphatic carbocycles. The van der Waals surface area contributed by atoms with Gasteiger partial charge >= 0.3 is 5.69 Å². The summed E-state index contributed by atoms with van der Waals surface area (Å²) < 4.78 is 1.27. The first-order chi connectivity index (χ1) is 8.49. The maximum absolute atomic E-state index is 12.0. The summed E-state index contributed by atoms with van der Waals surface area (Å²) in [5.74, 6) is 0.350. The molecule has 1 fully saturated rings. The van der Waals surface area contributed by atoms with Crippen molar-refractivity contribution >= 4 is 11.6 Å². The van der Waals surface area contributed by atoms with E-state index in [0.29, 0.717) is 18.0 Å². The van der Waals surface area contributed by atoms with Gasteiger partial charge in [0.25, 0.3) is 5.56 Å². The van der Waals surface area contributed by atoms with Crippen LogP contribution in [0.3, 0.4) is 0 Å². The third-order valence-corrected chi connectivity index (χ3v) is 3.90. The van der Waals surface area contributed by atoms with E-state index in [1.807, 2.05) is 0 Å². The van der Waals surface area contributed by atoms with E-state index in [-0.39, 0.29) is 10.7 Å². The molecule has 0 bridgehead atoms. The lowest BCUT2D eigenvalue weighted by Crippen LogP contribution is -2.42. The van der Waals surface area contributed by atoms with E-state index in [4.69, 9.17) is 11.6 Å². The highest BCUT2D eigenvalue weighted by molar-refractivity contribution is 6.30.